The smallest absolute Gasteiger partial charge is 0.123 e. The van der Waals surface area contributed by atoms with Gasteiger partial charge in [0.05, 0.1) is 0 Å². The average molecular weight is 246 g/mol. The monoisotopic (exact) mass is 246 g/mol. The number of hydrogen-bond acceptors (Lipinski definition) is 2. The Labute approximate surface area is 109 Å². The number of phenols is 2. The van der Waals surface area contributed by atoms with E-state index in [1.165, 1.54) is 0 Å². The maximum atomic E-state index is 10.3. The molecule has 0 aliphatic rings. The van der Waals surface area contributed by atoms with Gasteiger partial charge < -0.3 is 10.2 Å². The Morgan fingerprint density at radius 3 is 2.44 bits per heavy atom. The van der Waals surface area contributed by atoms with E-state index in [-0.39, 0.29) is 17.4 Å². The molecule has 2 N–H and O–H groups in total. The molecule has 0 aliphatic heterocycles. The lowest BCUT2D eigenvalue weighted by atomic mass is 9.90. The summed E-state index contributed by atoms with van der Waals surface area (Å²) in [6, 6.07) is 1.64. The van der Waals surface area contributed by atoms with E-state index in [0.29, 0.717) is 12.8 Å². The van der Waals surface area contributed by atoms with E-state index in [1.807, 2.05) is 20.8 Å². The van der Waals surface area contributed by atoms with E-state index in [1.54, 1.807) is 12.1 Å². The van der Waals surface area contributed by atoms with Crippen LogP contribution in [-0.4, -0.2) is 10.2 Å². The highest BCUT2D eigenvalue weighted by Crippen LogP contribution is 2.38. The Bertz CT molecular complexity index is 470. The van der Waals surface area contributed by atoms with Gasteiger partial charge in [-0.3, -0.25) is 0 Å². The van der Waals surface area contributed by atoms with E-state index in [4.69, 9.17) is 0 Å². The molecule has 0 radical (unpaired) electrons. The first kappa shape index (κ1) is 14.4. The minimum atomic E-state index is 0.157. The van der Waals surface area contributed by atoms with Crippen molar-refractivity contribution in [3.8, 4) is 11.5 Å². The first-order valence-corrected chi connectivity index (χ1v) is 6.20. The molecule has 0 aromatic heterocycles. The molecular weight excluding hydrogens is 224 g/mol. The van der Waals surface area contributed by atoms with Gasteiger partial charge in [0, 0.05) is 16.7 Å². The molecule has 0 fully saturated rings. The Balaban J connectivity index is 3.44. The zero-order chi connectivity index (χ0) is 13.9. The van der Waals surface area contributed by atoms with Crippen LogP contribution in [0.25, 0.3) is 0 Å². The third-order valence-electron chi connectivity index (χ3n) is 2.92. The summed E-state index contributed by atoms with van der Waals surface area (Å²) in [7, 11) is 0. The molecule has 0 spiro atoms. The Morgan fingerprint density at radius 2 is 2.00 bits per heavy atom. The van der Waals surface area contributed by atoms with Gasteiger partial charge in [-0.1, -0.05) is 32.1 Å². The standard InChI is InChI=1S/C16H22O2/c1-6-7-13-15(11(4)5)14(17)9-12(16(13)18)8-10(2)3/h6,9,11,17-18H,1-2,7-8H2,3-5H3. The SMILES string of the molecule is C=CCc1c(O)c(CC(=C)C)cc(O)c1C(C)C. The van der Waals surface area contributed by atoms with Gasteiger partial charge in [-0.2, -0.15) is 0 Å². The first-order valence-electron chi connectivity index (χ1n) is 6.20. The second-order valence-electron chi connectivity index (χ2n) is 5.08. The van der Waals surface area contributed by atoms with Crippen molar-refractivity contribution < 1.29 is 10.2 Å². The molecule has 98 valence electrons. The minimum absolute atomic E-state index is 0.157. The molecule has 1 aromatic rings. The van der Waals surface area contributed by atoms with Crippen LogP contribution >= 0.6 is 0 Å². The summed E-state index contributed by atoms with van der Waals surface area (Å²) >= 11 is 0. The zero-order valence-corrected chi connectivity index (χ0v) is 11.5. The van der Waals surface area contributed by atoms with Crippen molar-refractivity contribution in [2.24, 2.45) is 0 Å². The molecule has 0 heterocycles. The van der Waals surface area contributed by atoms with Gasteiger partial charge in [0.25, 0.3) is 0 Å². The molecule has 0 amide bonds. The highest BCUT2D eigenvalue weighted by Gasteiger charge is 2.18. The van der Waals surface area contributed by atoms with Crippen molar-refractivity contribution in [3.05, 3.63) is 47.6 Å². The number of benzene rings is 1. The van der Waals surface area contributed by atoms with Gasteiger partial charge in [0.1, 0.15) is 11.5 Å². The van der Waals surface area contributed by atoms with E-state index < -0.39 is 0 Å². The molecule has 0 bridgehead atoms. The summed E-state index contributed by atoms with van der Waals surface area (Å²) in [5.41, 5.74) is 3.25. The second-order valence-corrected chi connectivity index (χ2v) is 5.08. The third-order valence-corrected chi connectivity index (χ3v) is 2.92. The Hall–Kier alpha value is -1.70. The normalized spacial score (nSPS) is 10.7. The lowest BCUT2D eigenvalue weighted by molar-refractivity contribution is 0.441. The van der Waals surface area contributed by atoms with E-state index in [0.717, 1.165) is 22.3 Å². The van der Waals surface area contributed by atoms with Crippen LogP contribution in [0, 0.1) is 0 Å². The summed E-state index contributed by atoms with van der Waals surface area (Å²) in [5.74, 6) is 0.667. The lowest BCUT2D eigenvalue weighted by Gasteiger charge is -2.18. The minimum Gasteiger partial charge on any atom is -0.508 e. The summed E-state index contributed by atoms with van der Waals surface area (Å²) in [4.78, 5) is 0. The number of hydrogen-bond donors (Lipinski definition) is 2. The molecule has 1 aromatic carbocycles. The van der Waals surface area contributed by atoms with Crippen LogP contribution in [0.5, 0.6) is 11.5 Å². The van der Waals surface area contributed by atoms with Gasteiger partial charge in [0.2, 0.25) is 0 Å². The van der Waals surface area contributed by atoms with Gasteiger partial charge in [-0.05, 0) is 31.7 Å². The third kappa shape index (κ3) is 2.95. The molecule has 0 atom stereocenters. The van der Waals surface area contributed by atoms with Gasteiger partial charge >= 0.3 is 0 Å². The predicted molar refractivity (Wildman–Crippen MR) is 76.3 cm³/mol. The van der Waals surface area contributed by atoms with Gasteiger partial charge in [-0.25, -0.2) is 0 Å². The molecule has 18 heavy (non-hydrogen) atoms. The summed E-state index contributed by atoms with van der Waals surface area (Å²) in [5, 5.41) is 20.5. The quantitative estimate of drug-likeness (QED) is 0.607. The zero-order valence-electron chi connectivity index (χ0n) is 11.5. The van der Waals surface area contributed by atoms with Crippen molar-refractivity contribution in [1.29, 1.82) is 0 Å². The van der Waals surface area contributed by atoms with Crippen LogP contribution in [0.2, 0.25) is 0 Å². The summed E-state index contributed by atoms with van der Waals surface area (Å²) < 4.78 is 0. The summed E-state index contributed by atoms with van der Waals surface area (Å²) in [6.45, 7) is 13.5. The van der Waals surface area contributed by atoms with Crippen molar-refractivity contribution in [3.63, 3.8) is 0 Å². The summed E-state index contributed by atoms with van der Waals surface area (Å²) in [6.07, 6.45) is 2.86. The fourth-order valence-electron chi connectivity index (χ4n) is 2.24. The number of allylic oxidation sites excluding steroid dienone is 2. The molecule has 2 heteroatoms. The van der Waals surface area contributed by atoms with Crippen LogP contribution in [0.15, 0.2) is 30.9 Å². The molecule has 1 rings (SSSR count). The maximum Gasteiger partial charge on any atom is 0.123 e. The fourth-order valence-corrected chi connectivity index (χ4v) is 2.24. The molecule has 0 saturated heterocycles. The average Bonchev–Trinajstić information content (AvgIpc) is 2.24. The number of phenolic OH excluding ortho intramolecular Hbond substituents is 2. The van der Waals surface area contributed by atoms with Crippen molar-refractivity contribution in [1.82, 2.24) is 0 Å². The van der Waals surface area contributed by atoms with Gasteiger partial charge in [0.15, 0.2) is 0 Å². The fraction of sp³-hybridized carbons (Fsp3) is 0.375. The van der Waals surface area contributed by atoms with Crippen LogP contribution in [0.4, 0.5) is 0 Å². The topological polar surface area (TPSA) is 40.5 Å². The predicted octanol–water partition coefficient (Wildman–Crippen LogP) is 4.07. The van der Waals surface area contributed by atoms with Gasteiger partial charge in [-0.15, -0.1) is 6.58 Å². The lowest BCUT2D eigenvalue weighted by Crippen LogP contribution is -2.00. The highest BCUT2D eigenvalue weighted by molar-refractivity contribution is 5.55. The molecule has 0 unspecified atom stereocenters. The maximum absolute atomic E-state index is 10.3. The van der Waals surface area contributed by atoms with Crippen LogP contribution < -0.4 is 0 Å². The van der Waals surface area contributed by atoms with Crippen LogP contribution in [-0.2, 0) is 12.8 Å². The number of rotatable bonds is 5. The Kier molecular flexibility index (Phi) is 4.60. The first-order chi connectivity index (χ1) is 8.38. The van der Waals surface area contributed by atoms with Crippen LogP contribution in [0.3, 0.4) is 0 Å². The molecule has 2 nitrogen and oxygen atoms in total. The largest absolute Gasteiger partial charge is 0.508 e. The van der Waals surface area contributed by atoms with Crippen molar-refractivity contribution >= 4 is 0 Å². The second kappa shape index (κ2) is 5.76. The van der Waals surface area contributed by atoms with E-state index in [2.05, 4.69) is 13.2 Å². The Morgan fingerprint density at radius 1 is 1.39 bits per heavy atom. The van der Waals surface area contributed by atoms with Crippen LogP contribution in [0.1, 0.15) is 43.4 Å². The molecular formula is C16H22O2. The van der Waals surface area contributed by atoms with Crippen molar-refractivity contribution in [2.75, 3.05) is 0 Å². The number of aromatic hydroxyl groups is 2. The molecule has 0 saturated carbocycles. The van der Waals surface area contributed by atoms with E-state index in [9.17, 15) is 10.2 Å². The van der Waals surface area contributed by atoms with E-state index >= 15 is 0 Å². The van der Waals surface area contributed by atoms with Crippen molar-refractivity contribution in [2.45, 2.75) is 39.5 Å². The highest BCUT2D eigenvalue weighted by atomic mass is 16.3. The molecule has 0 aliphatic carbocycles.